The molecule has 1 unspecified atom stereocenters. The first-order valence-electron chi connectivity index (χ1n) is 10.9. The number of piperazine rings is 1. The number of hydrogen-bond acceptors (Lipinski definition) is 5. The molecule has 7 heteroatoms. The third-order valence-corrected chi connectivity index (χ3v) is 7.17. The van der Waals surface area contributed by atoms with Crippen LogP contribution in [0.2, 0.25) is 0 Å². The molecule has 0 bridgehead atoms. The van der Waals surface area contributed by atoms with Gasteiger partial charge in [-0.05, 0) is 55.1 Å². The van der Waals surface area contributed by atoms with Gasteiger partial charge in [-0.1, -0.05) is 39.8 Å². The molecule has 0 spiro atoms. The van der Waals surface area contributed by atoms with Crippen molar-refractivity contribution in [3.8, 4) is 0 Å². The zero-order valence-corrected chi connectivity index (χ0v) is 19.3. The Balaban J connectivity index is 1.67. The monoisotopic (exact) mass is 430 g/mol. The Labute approximate surface area is 181 Å². The lowest BCUT2D eigenvalue weighted by Crippen LogP contribution is -2.53. The molecule has 1 aromatic heterocycles. The highest BCUT2D eigenvalue weighted by molar-refractivity contribution is 7.92. The first-order valence-corrected chi connectivity index (χ1v) is 12.4. The van der Waals surface area contributed by atoms with E-state index in [1.165, 1.54) is 6.42 Å². The number of rotatable bonds is 8. The minimum atomic E-state index is -3.63. The van der Waals surface area contributed by atoms with Gasteiger partial charge in [0.05, 0.1) is 16.8 Å². The molecule has 0 radical (unpaired) electrons. The Hall–Kier alpha value is -2.12. The highest BCUT2D eigenvalue weighted by atomic mass is 32.2. The van der Waals surface area contributed by atoms with Crippen molar-refractivity contribution in [3.63, 3.8) is 0 Å². The standard InChI is InChI=1S/C23H34N4O2S/c1-5-13-26-14-15-27(17-21(26)6-2)23-12-9-20(16-24-23)25-30(28,29)22-10-7-19(8-11-22)18(3)4/h7-12,16,18,21,25H,5-6,13-15,17H2,1-4H3. The summed E-state index contributed by atoms with van der Waals surface area (Å²) in [5, 5.41) is 0. The Morgan fingerprint density at radius 1 is 1.10 bits per heavy atom. The highest BCUT2D eigenvalue weighted by Crippen LogP contribution is 2.23. The number of hydrogen-bond donors (Lipinski definition) is 1. The Morgan fingerprint density at radius 3 is 2.40 bits per heavy atom. The lowest BCUT2D eigenvalue weighted by Gasteiger charge is -2.41. The average Bonchev–Trinajstić information content (AvgIpc) is 2.74. The number of pyridine rings is 1. The molecule has 6 nitrogen and oxygen atoms in total. The maximum Gasteiger partial charge on any atom is 0.261 e. The van der Waals surface area contributed by atoms with Crippen LogP contribution in [-0.4, -0.2) is 50.5 Å². The molecule has 3 rings (SSSR count). The van der Waals surface area contributed by atoms with E-state index in [0.29, 0.717) is 17.6 Å². The number of sulfonamides is 1. The minimum absolute atomic E-state index is 0.258. The Bertz CT molecular complexity index is 911. The summed E-state index contributed by atoms with van der Waals surface area (Å²) in [7, 11) is -3.63. The van der Waals surface area contributed by atoms with Crippen LogP contribution in [0, 0.1) is 0 Å². The molecule has 164 valence electrons. The lowest BCUT2D eigenvalue weighted by atomic mass is 10.0. The molecule has 1 atom stereocenters. The summed E-state index contributed by atoms with van der Waals surface area (Å²) < 4.78 is 28.0. The van der Waals surface area contributed by atoms with E-state index in [2.05, 4.69) is 47.2 Å². The van der Waals surface area contributed by atoms with Crippen molar-refractivity contribution in [2.24, 2.45) is 0 Å². The fourth-order valence-corrected chi connectivity index (χ4v) is 4.99. The van der Waals surface area contributed by atoms with Crippen molar-refractivity contribution in [3.05, 3.63) is 48.2 Å². The summed E-state index contributed by atoms with van der Waals surface area (Å²) >= 11 is 0. The van der Waals surface area contributed by atoms with E-state index in [9.17, 15) is 8.42 Å². The molecule has 1 fully saturated rings. The maximum absolute atomic E-state index is 12.7. The summed E-state index contributed by atoms with van der Waals surface area (Å²) in [6.45, 7) is 12.7. The molecule has 2 aromatic rings. The van der Waals surface area contributed by atoms with E-state index >= 15 is 0 Å². The van der Waals surface area contributed by atoms with Crippen LogP contribution in [0.3, 0.4) is 0 Å². The second kappa shape index (κ2) is 9.79. The van der Waals surface area contributed by atoms with Crippen molar-refractivity contribution in [2.75, 3.05) is 35.8 Å². The van der Waals surface area contributed by atoms with Gasteiger partial charge in [-0.15, -0.1) is 0 Å². The third kappa shape index (κ3) is 5.32. The lowest BCUT2D eigenvalue weighted by molar-refractivity contribution is 0.172. The molecule has 1 N–H and O–H groups in total. The van der Waals surface area contributed by atoms with Crippen molar-refractivity contribution >= 4 is 21.5 Å². The molecule has 30 heavy (non-hydrogen) atoms. The van der Waals surface area contributed by atoms with E-state index in [-0.39, 0.29) is 4.90 Å². The quantitative estimate of drug-likeness (QED) is 0.676. The van der Waals surface area contributed by atoms with Crippen LogP contribution in [0.5, 0.6) is 0 Å². The number of benzene rings is 1. The predicted octanol–water partition coefficient (Wildman–Crippen LogP) is 4.32. The largest absolute Gasteiger partial charge is 0.354 e. The van der Waals surface area contributed by atoms with Crippen molar-refractivity contribution in [2.45, 2.75) is 57.4 Å². The van der Waals surface area contributed by atoms with Crippen LogP contribution in [-0.2, 0) is 10.0 Å². The smallest absolute Gasteiger partial charge is 0.261 e. The molecule has 0 saturated carbocycles. The molecule has 2 heterocycles. The summed E-state index contributed by atoms with van der Waals surface area (Å²) in [6, 6.07) is 11.3. The van der Waals surface area contributed by atoms with Gasteiger partial charge >= 0.3 is 0 Å². The molecule has 0 amide bonds. The Kier molecular flexibility index (Phi) is 7.36. The second-order valence-corrected chi connectivity index (χ2v) is 9.96. The first kappa shape index (κ1) is 22.6. The van der Waals surface area contributed by atoms with E-state index in [1.807, 2.05) is 18.2 Å². The van der Waals surface area contributed by atoms with Crippen LogP contribution in [0.15, 0.2) is 47.5 Å². The summed E-state index contributed by atoms with van der Waals surface area (Å²) in [6.07, 6.45) is 3.89. The van der Waals surface area contributed by atoms with Crippen molar-refractivity contribution in [1.82, 2.24) is 9.88 Å². The van der Waals surface area contributed by atoms with Gasteiger partial charge in [0.25, 0.3) is 10.0 Å². The normalized spacial score (nSPS) is 18.0. The molecular formula is C23H34N4O2S. The van der Waals surface area contributed by atoms with E-state index in [0.717, 1.165) is 44.0 Å². The second-order valence-electron chi connectivity index (χ2n) is 8.28. The van der Waals surface area contributed by atoms with Gasteiger partial charge in [0.2, 0.25) is 0 Å². The SMILES string of the molecule is CCCN1CCN(c2ccc(NS(=O)(=O)c3ccc(C(C)C)cc3)cn2)CC1CC. The summed E-state index contributed by atoms with van der Waals surface area (Å²) in [5.41, 5.74) is 1.59. The zero-order chi connectivity index (χ0) is 21.7. The predicted molar refractivity (Wildman–Crippen MR) is 124 cm³/mol. The first-order chi connectivity index (χ1) is 14.3. The minimum Gasteiger partial charge on any atom is -0.354 e. The number of aromatic nitrogens is 1. The van der Waals surface area contributed by atoms with E-state index in [4.69, 9.17) is 0 Å². The van der Waals surface area contributed by atoms with Gasteiger partial charge in [0.1, 0.15) is 5.82 Å². The number of anilines is 2. The van der Waals surface area contributed by atoms with Crippen LogP contribution in [0.4, 0.5) is 11.5 Å². The molecule has 1 aliphatic heterocycles. The van der Waals surface area contributed by atoms with Gasteiger partial charge in [-0.3, -0.25) is 9.62 Å². The van der Waals surface area contributed by atoms with Gasteiger partial charge < -0.3 is 4.90 Å². The van der Waals surface area contributed by atoms with Gasteiger partial charge in [-0.2, -0.15) is 0 Å². The topological polar surface area (TPSA) is 65.5 Å². The van der Waals surface area contributed by atoms with Gasteiger partial charge in [-0.25, -0.2) is 13.4 Å². The fraction of sp³-hybridized carbons (Fsp3) is 0.522. The van der Waals surface area contributed by atoms with E-state index in [1.54, 1.807) is 24.4 Å². The van der Waals surface area contributed by atoms with E-state index < -0.39 is 10.0 Å². The Morgan fingerprint density at radius 2 is 1.83 bits per heavy atom. The van der Waals surface area contributed by atoms with Crippen LogP contribution in [0.25, 0.3) is 0 Å². The molecule has 1 aromatic carbocycles. The van der Waals surface area contributed by atoms with Gasteiger partial charge in [0.15, 0.2) is 0 Å². The summed E-state index contributed by atoms with van der Waals surface area (Å²) in [5.74, 6) is 1.26. The maximum atomic E-state index is 12.7. The highest BCUT2D eigenvalue weighted by Gasteiger charge is 2.25. The van der Waals surface area contributed by atoms with Crippen molar-refractivity contribution < 1.29 is 8.42 Å². The summed E-state index contributed by atoms with van der Waals surface area (Å²) in [4.78, 5) is 9.65. The average molecular weight is 431 g/mol. The van der Waals surface area contributed by atoms with Crippen LogP contribution >= 0.6 is 0 Å². The van der Waals surface area contributed by atoms with Crippen molar-refractivity contribution in [1.29, 1.82) is 0 Å². The molecule has 1 saturated heterocycles. The van der Waals surface area contributed by atoms with Gasteiger partial charge in [0, 0.05) is 25.7 Å². The number of nitrogens with one attached hydrogen (secondary N) is 1. The number of nitrogens with zero attached hydrogens (tertiary/aromatic N) is 3. The molecule has 1 aliphatic rings. The van der Waals surface area contributed by atoms with Crippen LogP contribution < -0.4 is 9.62 Å². The molecular weight excluding hydrogens is 396 g/mol. The van der Waals surface area contributed by atoms with Crippen LogP contribution in [0.1, 0.15) is 52.0 Å². The third-order valence-electron chi connectivity index (χ3n) is 5.77. The molecule has 0 aliphatic carbocycles. The zero-order valence-electron chi connectivity index (χ0n) is 18.5. The fourth-order valence-electron chi connectivity index (χ4n) is 3.95.